The molecule has 20 heavy (non-hydrogen) atoms. The summed E-state index contributed by atoms with van der Waals surface area (Å²) in [6, 6.07) is 1.36. The molecule has 0 amide bonds. The number of pyridine rings is 1. The van der Waals surface area contributed by atoms with Gasteiger partial charge < -0.3 is 5.11 Å². The van der Waals surface area contributed by atoms with Crippen molar-refractivity contribution < 1.29 is 13.5 Å². The summed E-state index contributed by atoms with van der Waals surface area (Å²) in [7, 11) is -3.81. The first-order valence-corrected chi connectivity index (χ1v) is 6.94. The van der Waals surface area contributed by atoms with Gasteiger partial charge >= 0.3 is 0 Å². The highest BCUT2D eigenvalue weighted by molar-refractivity contribution is 7.92. The second-order valence-electron chi connectivity index (χ2n) is 3.57. The van der Waals surface area contributed by atoms with Gasteiger partial charge in [-0.25, -0.2) is 13.4 Å². The maximum Gasteiger partial charge on any atom is 0.264 e. The van der Waals surface area contributed by atoms with E-state index in [1.807, 2.05) is 0 Å². The first kappa shape index (κ1) is 13.9. The molecule has 0 aliphatic heterocycles. The van der Waals surface area contributed by atoms with Gasteiger partial charge in [-0.05, 0) is 6.07 Å². The van der Waals surface area contributed by atoms with Gasteiger partial charge in [0.05, 0.1) is 6.20 Å². The molecule has 0 saturated carbocycles. The van der Waals surface area contributed by atoms with Crippen LogP contribution in [-0.2, 0) is 10.0 Å². The zero-order valence-electron chi connectivity index (χ0n) is 10.2. The summed E-state index contributed by atoms with van der Waals surface area (Å²) >= 11 is 0. The van der Waals surface area contributed by atoms with Gasteiger partial charge in [0.25, 0.3) is 10.0 Å². The maximum absolute atomic E-state index is 12.1. The summed E-state index contributed by atoms with van der Waals surface area (Å²) in [4.78, 5) is 11.4. The molecule has 0 aliphatic rings. The van der Waals surface area contributed by atoms with Crippen LogP contribution in [-0.4, -0.2) is 35.1 Å². The van der Waals surface area contributed by atoms with Crippen molar-refractivity contribution in [2.24, 2.45) is 0 Å². The van der Waals surface area contributed by atoms with E-state index < -0.39 is 10.0 Å². The second kappa shape index (κ2) is 6.10. The molecule has 2 N–H and O–H groups in total. The quantitative estimate of drug-likeness (QED) is 0.772. The van der Waals surface area contributed by atoms with Crippen molar-refractivity contribution in [2.45, 2.75) is 4.90 Å². The third kappa shape index (κ3) is 3.50. The molecule has 0 fully saturated rings. The van der Waals surface area contributed by atoms with Gasteiger partial charge in [0.15, 0.2) is 5.82 Å². The third-order valence-corrected chi connectivity index (χ3v) is 3.46. The van der Waals surface area contributed by atoms with Crippen LogP contribution in [0.25, 0.3) is 0 Å². The fourth-order valence-electron chi connectivity index (χ4n) is 1.32. The minimum absolute atomic E-state index is 0.0482. The molecule has 0 saturated heterocycles. The number of aromatic nitrogens is 3. The molecule has 102 valence electrons. The molecule has 2 aromatic heterocycles. The molecule has 0 bridgehead atoms. The summed E-state index contributed by atoms with van der Waals surface area (Å²) < 4.78 is 26.5. The third-order valence-electron chi connectivity index (χ3n) is 2.14. The van der Waals surface area contributed by atoms with E-state index in [2.05, 4.69) is 31.5 Å². The van der Waals surface area contributed by atoms with Gasteiger partial charge in [-0.3, -0.25) is 14.7 Å². The van der Waals surface area contributed by atoms with E-state index in [9.17, 15) is 8.42 Å². The SMILES string of the molecule is O=S(=O)(Nc1cnccn1)c1cncc(C#CCO)c1. The first-order valence-electron chi connectivity index (χ1n) is 5.45. The minimum Gasteiger partial charge on any atom is -0.384 e. The molecule has 0 atom stereocenters. The van der Waals surface area contributed by atoms with Crippen molar-refractivity contribution in [3.05, 3.63) is 42.6 Å². The van der Waals surface area contributed by atoms with Crippen molar-refractivity contribution >= 4 is 15.8 Å². The average Bonchev–Trinajstić information content (AvgIpc) is 2.46. The Labute approximate surface area is 115 Å². The highest BCUT2D eigenvalue weighted by Crippen LogP contribution is 2.13. The van der Waals surface area contributed by atoms with Gasteiger partial charge in [-0.1, -0.05) is 11.8 Å². The van der Waals surface area contributed by atoms with Crippen LogP contribution in [0.1, 0.15) is 5.56 Å². The summed E-state index contributed by atoms with van der Waals surface area (Å²) in [6.07, 6.45) is 6.71. The standard InChI is InChI=1S/C12H10N4O3S/c17-5-1-2-10-6-11(8-14-7-10)20(18,19)16-12-9-13-3-4-15-12/h3-4,6-9,17H,5H2,(H,15,16). The molecule has 2 aromatic rings. The number of nitrogens with one attached hydrogen (secondary N) is 1. The minimum atomic E-state index is -3.81. The van der Waals surface area contributed by atoms with Crippen LogP contribution in [0, 0.1) is 11.8 Å². The molecular weight excluding hydrogens is 280 g/mol. The summed E-state index contributed by atoms with van der Waals surface area (Å²) in [5.41, 5.74) is 0.390. The monoisotopic (exact) mass is 290 g/mol. The van der Waals surface area contributed by atoms with E-state index in [1.165, 1.54) is 37.1 Å². The van der Waals surface area contributed by atoms with Gasteiger partial charge in [0, 0.05) is 30.4 Å². The molecule has 2 heterocycles. The predicted molar refractivity (Wildman–Crippen MR) is 71.0 cm³/mol. The topological polar surface area (TPSA) is 105 Å². The Balaban J connectivity index is 2.30. The lowest BCUT2D eigenvalue weighted by Gasteiger charge is -2.06. The number of hydrogen-bond acceptors (Lipinski definition) is 6. The Hall–Kier alpha value is -2.50. The molecule has 0 aliphatic carbocycles. The number of aliphatic hydroxyl groups excluding tert-OH is 1. The summed E-state index contributed by atoms with van der Waals surface area (Å²) in [5.74, 6) is 5.12. The molecule has 8 heteroatoms. The Morgan fingerprint density at radius 3 is 2.75 bits per heavy atom. The zero-order chi connectivity index (χ0) is 14.4. The van der Waals surface area contributed by atoms with E-state index >= 15 is 0 Å². The van der Waals surface area contributed by atoms with Crippen LogP contribution in [0.3, 0.4) is 0 Å². The predicted octanol–water partition coefficient (Wildman–Crippen LogP) is 0.0162. The van der Waals surface area contributed by atoms with Gasteiger partial charge in [0.2, 0.25) is 0 Å². The van der Waals surface area contributed by atoms with E-state index in [4.69, 9.17) is 5.11 Å². The van der Waals surface area contributed by atoms with Crippen LogP contribution >= 0.6 is 0 Å². The van der Waals surface area contributed by atoms with Crippen molar-refractivity contribution in [2.75, 3.05) is 11.3 Å². The Morgan fingerprint density at radius 1 is 1.20 bits per heavy atom. The molecule has 7 nitrogen and oxygen atoms in total. The number of hydrogen-bond donors (Lipinski definition) is 2. The van der Waals surface area contributed by atoms with E-state index in [1.54, 1.807) is 0 Å². The van der Waals surface area contributed by atoms with Crippen LogP contribution in [0.15, 0.2) is 41.9 Å². The van der Waals surface area contributed by atoms with E-state index in [0.717, 1.165) is 0 Å². The van der Waals surface area contributed by atoms with Gasteiger partial charge in [-0.2, -0.15) is 0 Å². The van der Waals surface area contributed by atoms with Crippen LogP contribution in [0.4, 0.5) is 5.82 Å². The average molecular weight is 290 g/mol. The first-order chi connectivity index (χ1) is 9.62. The van der Waals surface area contributed by atoms with Gasteiger partial charge in [0.1, 0.15) is 11.5 Å². The smallest absolute Gasteiger partial charge is 0.264 e. The highest BCUT2D eigenvalue weighted by Gasteiger charge is 2.15. The summed E-state index contributed by atoms with van der Waals surface area (Å²) in [5, 5.41) is 8.61. The van der Waals surface area contributed by atoms with Crippen molar-refractivity contribution in [1.82, 2.24) is 15.0 Å². The highest BCUT2D eigenvalue weighted by atomic mass is 32.2. The van der Waals surface area contributed by atoms with Crippen molar-refractivity contribution in [3.63, 3.8) is 0 Å². The molecule has 0 radical (unpaired) electrons. The fraction of sp³-hybridized carbons (Fsp3) is 0.0833. The number of aliphatic hydroxyl groups is 1. The number of rotatable bonds is 3. The molecule has 0 spiro atoms. The lowest BCUT2D eigenvalue weighted by molar-refractivity contribution is 0.350. The molecule has 0 aromatic carbocycles. The fourth-order valence-corrected chi connectivity index (χ4v) is 2.30. The molecular formula is C12H10N4O3S. The number of anilines is 1. The van der Waals surface area contributed by atoms with E-state index in [0.29, 0.717) is 5.56 Å². The number of nitrogens with zero attached hydrogens (tertiary/aromatic N) is 3. The normalized spacial score (nSPS) is 10.4. The lowest BCUT2D eigenvalue weighted by Crippen LogP contribution is -2.14. The Kier molecular flexibility index (Phi) is 4.24. The molecule has 2 rings (SSSR count). The Bertz CT molecular complexity index is 751. The lowest BCUT2D eigenvalue weighted by atomic mass is 10.3. The second-order valence-corrected chi connectivity index (χ2v) is 5.25. The zero-order valence-corrected chi connectivity index (χ0v) is 11.0. The van der Waals surface area contributed by atoms with Crippen LogP contribution in [0.5, 0.6) is 0 Å². The molecule has 0 unspecified atom stereocenters. The van der Waals surface area contributed by atoms with Gasteiger partial charge in [-0.15, -0.1) is 0 Å². The summed E-state index contributed by atoms with van der Waals surface area (Å²) in [6.45, 7) is -0.311. The Morgan fingerprint density at radius 2 is 2.05 bits per heavy atom. The van der Waals surface area contributed by atoms with E-state index in [-0.39, 0.29) is 17.3 Å². The van der Waals surface area contributed by atoms with Crippen molar-refractivity contribution in [3.8, 4) is 11.8 Å². The number of sulfonamides is 1. The van der Waals surface area contributed by atoms with Crippen LogP contribution < -0.4 is 4.72 Å². The van der Waals surface area contributed by atoms with Crippen molar-refractivity contribution in [1.29, 1.82) is 0 Å². The maximum atomic E-state index is 12.1. The van der Waals surface area contributed by atoms with Crippen LogP contribution in [0.2, 0.25) is 0 Å². The largest absolute Gasteiger partial charge is 0.384 e.